The SMILES string of the molecule is COc1cc(/C=C/C(=O)O[C@@H]2C[C@H]3[C@H](O)/C=C/C(=O)O[C@@H](C)CCC/C=C/[C@@H]3C2)cc(OC)c1OC. The second kappa shape index (κ2) is 13.2. The van der Waals surface area contributed by atoms with Gasteiger partial charge < -0.3 is 28.8 Å². The van der Waals surface area contributed by atoms with Crippen molar-refractivity contribution in [1.29, 1.82) is 0 Å². The Bertz CT molecular complexity index is 970. The van der Waals surface area contributed by atoms with Crippen LogP contribution in [-0.2, 0) is 19.1 Å². The molecule has 5 atom stereocenters. The van der Waals surface area contributed by atoms with Gasteiger partial charge in [0.25, 0.3) is 0 Å². The van der Waals surface area contributed by atoms with Gasteiger partial charge in [0.2, 0.25) is 5.75 Å². The lowest BCUT2D eigenvalue weighted by Gasteiger charge is -2.19. The summed E-state index contributed by atoms with van der Waals surface area (Å²) in [5.74, 6) is 0.377. The number of fused-ring (bicyclic) bond motifs is 1. The van der Waals surface area contributed by atoms with E-state index in [1.807, 2.05) is 6.92 Å². The van der Waals surface area contributed by atoms with Gasteiger partial charge >= 0.3 is 11.9 Å². The number of ether oxygens (including phenoxy) is 5. The molecule has 1 N–H and O–H groups in total. The van der Waals surface area contributed by atoms with Crippen LogP contribution in [0.2, 0.25) is 0 Å². The minimum absolute atomic E-state index is 0.0377. The van der Waals surface area contributed by atoms with Gasteiger partial charge in [-0.05, 0) is 80.7 Å². The summed E-state index contributed by atoms with van der Waals surface area (Å²) in [5, 5.41) is 10.7. The standard InChI is InChI=1S/C28H36O8/c1-18-8-6-5-7-9-20-16-21(17-22(20)23(29)11-13-26(30)35-18)36-27(31)12-10-19-14-24(32-2)28(34-4)25(15-19)33-3/h7,9-15,18,20-23,29H,5-6,8,16-17H2,1-4H3/b9-7+,12-10+,13-11+/t18-,20+,21-,22+,23+/m0/s1. The zero-order valence-electron chi connectivity index (χ0n) is 21.3. The summed E-state index contributed by atoms with van der Waals surface area (Å²) in [4.78, 5) is 24.6. The second-order valence-corrected chi connectivity index (χ2v) is 9.11. The van der Waals surface area contributed by atoms with Gasteiger partial charge in [-0.25, -0.2) is 9.59 Å². The number of carbonyl (C=O) groups is 2. The Morgan fingerprint density at radius 2 is 1.81 bits per heavy atom. The third kappa shape index (κ3) is 7.37. The molecule has 1 aliphatic heterocycles. The number of esters is 2. The number of methoxy groups -OCH3 is 3. The van der Waals surface area contributed by atoms with E-state index >= 15 is 0 Å². The second-order valence-electron chi connectivity index (χ2n) is 9.11. The summed E-state index contributed by atoms with van der Waals surface area (Å²) in [6.45, 7) is 1.87. The van der Waals surface area contributed by atoms with Crippen molar-refractivity contribution in [2.75, 3.05) is 21.3 Å². The Kier molecular flexibility index (Phi) is 9.99. The number of aliphatic hydroxyl groups excluding tert-OH is 1. The van der Waals surface area contributed by atoms with Crippen LogP contribution in [0.25, 0.3) is 6.08 Å². The molecule has 8 heteroatoms. The van der Waals surface area contributed by atoms with Crippen LogP contribution in [0, 0.1) is 11.8 Å². The predicted octanol–water partition coefficient (Wildman–Crippen LogP) is 4.25. The van der Waals surface area contributed by atoms with Crippen molar-refractivity contribution in [3.63, 3.8) is 0 Å². The summed E-state index contributed by atoms with van der Waals surface area (Å²) in [6, 6.07) is 3.47. The highest BCUT2D eigenvalue weighted by molar-refractivity contribution is 5.87. The average molecular weight is 501 g/mol. The lowest BCUT2D eigenvalue weighted by atomic mass is 9.90. The molecule has 3 rings (SSSR count). The molecule has 196 valence electrons. The maximum atomic E-state index is 12.6. The van der Waals surface area contributed by atoms with E-state index in [1.54, 1.807) is 18.2 Å². The molecular formula is C28H36O8. The lowest BCUT2D eigenvalue weighted by molar-refractivity contribution is -0.143. The first-order valence-electron chi connectivity index (χ1n) is 12.3. The maximum absolute atomic E-state index is 12.6. The average Bonchev–Trinajstić information content (AvgIpc) is 3.26. The van der Waals surface area contributed by atoms with Gasteiger partial charge in [-0.15, -0.1) is 0 Å². The van der Waals surface area contributed by atoms with Crippen LogP contribution in [0.4, 0.5) is 0 Å². The van der Waals surface area contributed by atoms with Gasteiger partial charge in [0.05, 0.1) is 33.5 Å². The lowest BCUT2D eigenvalue weighted by Crippen LogP contribution is -2.22. The van der Waals surface area contributed by atoms with Crippen molar-refractivity contribution >= 4 is 18.0 Å². The fourth-order valence-corrected chi connectivity index (χ4v) is 4.74. The molecule has 0 saturated heterocycles. The maximum Gasteiger partial charge on any atom is 0.331 e. The minimum Gasteiger partial charge on any atom is -0.493 e. The number of hydrogen-bond acceptors (Lipinski definition) is 8. The molecule has 1 heterocycles. The molecule has 1 aromatic carbocycles. The molecule has 0 aromatic heterocycles. The van der Waals surface area contributed by atoms with E-state index in [2.05, 4.69) is 12.2 Å². The molecule has 0 radical (unpaired) electrons. The first kappa shape index (κ1) is 27.3. The molecule has 1 aliphatic carbocycles. The van der Waals surface area contributed by atoms with Crippen molar-refractivity contribution in [3.05, 3.63) is 48.1 Å². The summed E-state index contributed by atoms with van der Waals surface area (Å²) in [7, 11) is 4.58. The number of carbonyl (C=O) groups excluding carboxylic acids is 2. The fourth-order valence-electron chi connectivity index (χ4n) is 4.74. The molecule has 8 nitrogen and oxygen atoms in total. The molecular weight excluding hydrogens is 464 g/mol. The monoisotopic (exact) mass is 500 g/mol. The van der Waals surface area contributed by atoms with Gasteiger partial charge in [0.15, 0.2) is 11.5 Å². The quantitative estimate of drug-likeness (QED) is 0.352. The molecule has 1 fully saturated rings. The van der Waals surface area contributed by atoms with E-state index in [0.29, 0.717) is 35.7 Å². The van der Waals surface area contributed by atoms with E-state index in [1.165, 1.54) is 39.6 Å². The van der Waals surface area contributed by atoms with Crippen molar-refractivity contribution < 1.29 is 38.4 Å². The molecule has 1 saturated carbocycles. The normalized spacial score (nSPS) is 28.6. The number of aliphatic hydroxyl groups is 1. The summed E-state index contributed by atoms with van der Waals surface area (Å²) >= 11 is 0. The summed E-state index contributed by atoms with van der Waals surface area (Å²) < 4.78 is 27.1. The summed E-state index contributed by atoms with van der Waals surface area (Å²) in [5.41, 5.74) is 0.690. The third-order valence-electron chi connectivity index (χ3n) is 6.55. The third-order valence-corrected chi connectivity index (χ3v) is 6.55. The first-order valence-corrected chi connectivity index (χ1v) is 12.3. The highest BCUT2D eigenvalue weighted by Gasteiger charge is 2.38. The van der Waals surface area contributed by atoms with Crippen LogP contribution in [-0.4, -0.2) is 56.7 Å². The first-order chi connectivity index (χ1) is 17.3. The van der Waals surface area contributed by atoms with Crippen LogP contribution in [0.1, 0.15) is 44.6 Å². The van der Waals surface area contributed by atoms with E-state index in [-0.39, 0.29) is 24.0 Å². The topological polar surface area (TPSA) is 101 Å². The fraction of sp³-hybridized carbons (Fsp3) is 0.500. The molecule has 0 spiro atoms. The smallest absolute Gasteiger partial charge is 0.331 e. The van der Waals surface area contributed by atoms with Gasteiger partial charge in [-0.1, -0.05) is 12.2 Å². The Hall–Kier alpha value is -3.26. The number of rotatable bonds is 6. The van der Waals surface area contributed by atoms with Crippen LogP contribution in [0.5, 0.6) is 17.2 Å². The molecule has 0 unspecified atom stereocenters. The Balaban J connectivity index is 1.67. The Morgan fingerprint density at radius 3 is 2.47 bits per heavy atom. The van der Waals surface area contributed by atoms with Gasteiger partial charge in [0, 0.05) is 12.2 Å². The molecule has 36 heavy (non-hydrogen) atoms. The number of hydrogen-bond donors (Lipinski definition) is 1. The van der Waals surface area contributed by atoms with Crippen LogP contribution < -0.4 is 14.2 Å². The number of allylic oxidation sites excluding steroid dienone is 2. The number of cyclic esters (lactones) is 1. The van der Waals surface area contributed by atoms with Crippen molar-refractivity contribution in [2.24, 2.45) is 11.8 Å². The van der Waals surface area contributed by atoms with E-state index < -0.39 is 18.0 Å². The van der Waals surface area contributed by atoms with Gasteiger partial charge in [0.1, 0.15) is 6.10 Å². The Morgan fingerprint density at radius 1 is 1.08 bits per heavy atom. The molecule has 1 aromatic rings. The van der Waals surface area contributed by atoms with Gasteiger partial charge in [-0.3, -0.25) is 0 Å². The minimum atomic E-state index is -0.846. The largest absolute Gasteiger partial charge is 0.493 e. The zero-order valence-corrected chi connectivity index (χ0v) is 21.3. The van der Waals surface area contributed by atoms with Crippen molar-refractivity contribution in [3.8, 4) is 17.2 Å². The Labute approximate surface area is 212 Å². The van der Waals surface area contributed by atoms with Crippen molar-refractivity contribution in [1.82, 2.24) is 0 Å². The van der Waals surface area contributed by atoms with E-state index in [9.17, 15) is 14.7 Å². The van der Waals surface area contributed by atoms with Crippen LogP contribution >= 0.6 is 0 Å². The molecule has 0 bridgehead atoms. The zero-order chi connectivity index (χ0) is 26.1. The molecule has 2 aliphatic rings. The van der Waals surface area contributed by atoms with E-state index in [0.717, 1.165) is 19.3 Å². The summed E-state index contributed by atoms with van der Waals surface area (Å²) in [6.07, 6.45) is 12.3. The van der Waals surface area contributed by atoms with Crippen LogP contribution in [0.3, 0.4) is 0 Å². The van der Waals surface area contributed by atoms with Crippen molar-refractivity contribution in [2.45, 2.75) is 57.3 Å². The highest BCUT2D eigenvalue weighted by atomic mass is 16.5. The van der Waals surface area contributed by atoms with Gasteiger partial charge in [-0.2, -0.15) is 0 Å². The highest BCUT2D eigenvalue weighted by Crippen LogP contribution is 2.39. The predicted molar refractivity (Wildman–Crippen MR) is 135 cm³/mol. The van der Waals surface area contributed by atoms with Crippen LogP contribution in [0.15, 0.2) is 42.5 Å². The number of benzene rings is 1. The molecule has 0 amide bonds. The van der Waals surface area contributed by atoms with E-state index in [4.69, 9.17) is 23.7 Å².